The monoisotopic (exact) mass is 198 g/mol. The van der Waals surface area contributed by atoms with Crippen LogP contribution in [0.2, 0.25) is 0 Å². The fraction of sp³-hybridized carbons (Fsp3) is 0.308. The van der Waals surface area contributed by atoms with E-state index in [-0.39, 0.29) is 0 Å². The molecule has 0 fully saturated rings. The molecular formula is C13H14N2. The van der Waals surface area contributed by atoms with Crippen LogP contribution in [0.3, 0.4) is 0 Å². The van der Waals surface area contributed by atoms with Gasteiger partial charge in [-0.25, -0.2) is 4.98 Å². The first kappa shape index (κ1) is 8.72. The summed E-state index contributed by atoms with van der Waals surface area (Å²) < 4.78 is 2.28. The zero-order valence-electron chi connectivity index (χ0n) is 9.07. The van der Waals surface area contributed by atoms with Crippen molar-refractivity contribution in [1.82, 2.24) is 9.55 Å². The van der Waals surface area contributed by atoms with Gasteiger partial charge >= 0.3 is 0 Å². The van der Waals surface area contributed by atoms with E-state index in [9.17, 15) is 0 Å². The smallest absolute Gasteiger partial charge is 0.121 e. The van der Waals surface area contributed by atoms with Crippen LogP contribution in [0.25, 0.3) is 16.7 Å². The summed E-state index contributed by atoms with van der Waals surface area (Å²) in [6, 6.07) is 8.34. The Labute approximate surface area is 89.2 Å². The summed E-state index contributed by atoms with van der Waals surface area (Å²) in [5.74, 6) is 1.70. The van der Waals surface area contributed by atoms with Crippen LogP contribution in [0.1, 0.15) is 32.0 Å². The molecule has 1 aromatic carbocycles. The average Bonchev–Trinajstić information content (AvgIpc) is 2.76. The Bertz CT molecular complexity index is 549. The van der Waals surface area contributed by atoms with E-state index in [0.717, 1.165) is 11.9 Å². The molecule has 0 N–H and O–H groups in total. The number of imidazole rings is 1. The Kier molecular flexibility index (Phi) is 1.72. The van der Waals surface area contributed by atoms with E-state index in [1.807, 2.05) is 6.07 Å². The third-order valence-electron chi connectivity index (χ3n) is 3.15. The van der Waals surface area contributed by atoms with Crippen molar-refractivity contribution in [2.24, 2.45) is 0 Å². The molecule has 0 spiro atoms. The van der Waals surface area contributed by atoms with Crippen LogP contribution >= 0.6 is 0 Å². The Balaban J connectivity index is 2.35. The third kappa shape index (κ3) is 1.08. The summed E-state index contributed by atoms with van der Waals surface area (Å²) >= 11 is 0. The van der Waals surface area contributed by atoms with Crippen molar-refractivity contribution in [1.29, 1.82) is 0 Å². The van der Waals surface area contributed by atoms with Gasteiger partial charge in [0.25, 0.3) is 0 Å². The lowest BCUT2D eigenvalue weighted by Gasteiger charge is -2.02. The van der Waals surface area contributed by atoms with Crippen molar-refractivity contribution < 1.29 is 0 Å². The topological polar surface area (TPSA) is 17.8 Å². The van der Waals surface area contributed by atoms with Gasteiger partial charge in [0.1, 0.15) is 5.82 Å². The Morgan fingerprint density at radius 3 is 2.93 bits per heavy atom. The van der Waals surface area contributed by atoms with Crippen LogP contribution in [0, 0.1) is 0 Å². The quantitative estimate of drug-likeness (QED) is 0.686. The van der Waals surface area contributed by atoms with Gasteiger partial charge in [0.2, 0.25) is 0 Å². The first-order valence-corrected chi connectivity index (χ1v) is 5.47. The maximum atomic E-state index is 4.71. The lowest BCUT2D eigenvalue weighted by molar-refractivity contribution is 0.765. The molecule has 2 heteroatoms. The van der Waals surface area contributed by atoms with Crippen LogP contribution in [0.4, 0.5) is 0 Å². The Morgan fingerprint density at radius 1 is 1.33 bits per heavy atom. The minimum Gasteiger partial charge on any atom is -0.300 e. The highest BCUT2D eigenvalue weighted by Crippen LogP contribution is 2.34. The number of nitrogens with zero attached hydrogens (tertiary/aromatic N) is 2. The van der Waals surface area contributed by atoms with Gasteiger partial charge in [-0.1, -0.05) is 25.1 Å². The van der Waals surface area contributed by atoms with Crippen LogP contribution < -0.4 is 0 Å². The summed E-state index contributed by atoms with van der Waals surface area (Å²) in [5.41, 5.74) is 3.65. The summed E-state index contributed by atoms with van der Waals surface area (Å²) in [7, 11) is 0. The molecule has 0 saturated heterocycles. The second-order valence-corrected chi connectivity index (χ2v) is 4.12. The number of aromatic nitrogens is 2. The maximum Gasteiger partial charge on any atom is 0.121 e. The molecule has 0 unspecified atom stereocenters. The first-order chi connectivity index (χ1) is 7.31. The van der Waals surface area contributed by atoms with Gasteiger partial charge in [0.15, 0.2) is 0 Å². The van der Waals surface area contributed by atoms with Gasteiger partial charge in [0, 0.05) is 11.6 Å². The zero-order valence-corrected chi connectivity index (χ0v) is 9.07. The molecule has 1 atom stereocenters. The Morgan fingerprint density at radius 2 is 2.13 bits per heavy atom. The molecule has 0 saturated carbocycles. The Hall–Kier alpha value is -1.57. The van der Waals surface area contributed by atoms with Crippen molar-refractivity contribution in [2.75, 3.05) is 0 Å². The van der Waals surface area contributed by atoms with E-state index in [0.29, 0.717) is 5.92 Å². The number of allylic oxidation sites excluding steroid dienone is 2. The predicted molar refractivity (Wildman–Crippen MR) is 62.7 cm³/mol. The minimum atomic E-state index is 0.498. The highest BCUT2D eigenvalue weighted by atomic mass is 15.1. The molecule has 0 bridgehead atoms. The largest absolute Gasteiger partial charge is 0.300 e. The minimum absolute atomic E-state index is 0.498. The van der Waals surface area contributed by atoms with E-state index in [2.05, 4.69) is 42.7 Å². The van der Waals surface area contributed by atoms with Gasteiger partial charge in [-0.15, -0.1) is 0 Å². The maximum absolute atomic E-state index is 4.71. The molecule has 1 aliphatic rings. The highest BCUT2D eigenvalue weighted by Gasteiger charge is 2.23. The first-order valence-electron chi connectivity index (χ1n) is 5.47. The van der Waals surface area contributed by atoms with Gasteiger partial charge in [0.05, 0.1) is 11.0 Å². The van der Waals surface area contributed by atoms with E-state index in [1.165, 1.54) is 17.0 Å². The number of para-hydroxylation sites is 2. The second-order valence-electron chi connectivity index (χ2n) is 4.12. The number of hydrogen-bond acceptors (Lipinski definition) is 1. The molecule has 2 nitrogen and oxygen atoms in total. The molecule has 0 amide bonds. The SMILES string of the molecule is CC[C@@H]1C=C(C)n2c1nc1ccccc12. The van der Waals surface area contributed by atoms with Crippen LogP contribution in [-0.2, 0) is 0 Å². The number of hydrogen-bond donors (Lipinski definition) is 0. The van der Waals surface area contributed by atoms with E-state index in [1.54, 1.807) is 0 Å². The summed E-state index contributed by atoms with van der Waals surface area (Å²) in [5, 5.41) is 0. The van der Waals surface area contributed by atoms with E-state index < -0.39 is 0 Å². The summed E-state index contributed by atoms with van der Waals surface area (Å²) in [4.78, 5) is 4.71. The van der Waals surface area contributed by atoms with Crippen molar-refractivity contribution >= 4 is 16.7 Å². The predicted octanol–water partition coefficient (Wildman–Crippen LogP) is 3.40. The normalized spacial score (nSPS) is 19.3. The number of benzene rings is 1. The van der Waals surface area contributed by atoms with Gasteiger partial charge in [-0.2, -0.15) is 0 Å². The van der Waals surface area contributed by atoms with Crippen LogP contribution in [0.5, 0.6) is 0 Å². The molecule has 3 rings (SSSR count). The molecule has 0 aliphatic carbocycles. The summed E-state index contributed by atoms with van der Waals surface area (Å²) in [6.07, 6.45) is 3.44. The molecular weight excluding hydrogens is 184 g/mol. The van der Waals surface area contributed by atoms with E-state index >= 15 is 0 Å². The lowest BCUT2D eigenvalue weighted by atomic mass is 10.1. The van der Waals surface area contributed by atoms with Gasteiger partial charge in [-0.3, -0.25) is 0 Å². The van der Waals surface area contributed by atoms with Gasteiger partial charge in [-0.05, 0) is 25.5 Å². The van der Waals surface area contributed by atoms with Crippen molar-refractivity contribution in [3.8, 4) is 0 Å². The lowest BCUT2D eigenvalue weighted by Crippen LogP contribution is -1.96. The molecule has 2 heterocycles. The molecule has 0 radical (unpaired) electrons. The molecule has 1 aliphatic heterocycles. The molecule has 2 aromatic rings. The van der Waals surface area contributed by atoms with Crippen molar-refractivity contribution in [3.05, 3.63) is 36.2 Å². The van der Waals surface area contributed by atoms with Crippen molar-refractivity contribution in [3.63, 3.8) is 0 Å². The standard InChI is InChI=1S/C13H14N2/c1-3-10-8-9(2)15-12-7-5-4-6-11(12)14-13(10)15/h4-8,10H,3H2,1-2H3/t10-/m1/s1. The molecule has 15 heavy (non-hydrogen) atoms. The van der Waals surface area contributed by atoms with Crippen molar-refractivity contribution in [2.45, 2.75) is 26.2 Å². The molecule has 1 aromatic heterocycles. The average molecular weight is 198 g/mol. The summed E-state index contributed by atoms with van der Waals surface area (Å²) in [6.45, 7) is 4.37. The molecule has 76 valence electrons. The fourth-order valence-electron chi connectivity index (χ4n) is 2.40. The van der Waals surface area contributed by atoms with Crippen LogP contribution in [-0.4, -0.2) is 9.55 Å². The highest BCUT2D eigenvalue weighted by molar-refractivity contribution is 5.81. The zero-order chi connectivity index (χ0) is 10.4. The van der Waals surface area contributed by atoms with E-state index in [4.69, 9.17) is 4.98 Å². The second kappa shape index (κ2) is 2.96. The number of rotatable bonds is 1. The van der Waals surface area contributed by atoms with Crippen LogP contribution in [0.15, 0.2) is 30.3 Å². The third-order valence-corrected chi connectivity index (χ3v) is 3.15. The van der Waals surface area contributed by atoms with Gasteiger partial charge < -0.3 is 4.57 Å². The number of fused-ring (bicyclic) bond motifs is 3. The fourth-order valence-corrected chi connectivity index (χ4v) is 2.40.